The Bertz CT molecular complexity index is 2020. The molecule has 0 amide bonds. The summed E-state index contributed by atoms with van der Waals surface area (Å²) in [5.74, 6) is -0.292. The predicted molar refractivity (Wildman–Crippen MR) is 162 cm³/mol. The first kappa shape index (κ1) is 27.4. The van der Waals surface area contributed by atoms with Gasteiger partial charge in [-0.05, 0) is 71.7 Å². The van der Waals surface area contributed by atoms with Crippen molar-refractivity contribution in [3.05, 3.63) is 144 Å². The standard InChI is InChI=1S/C34H27FN2O4S/c1-3-40-33(39)30-21(2)36-34-37(31(30)24-14-16-26(35)17-15-24)32(38)29(42-34)19-22-8-6-12-27(18-22)41-20-25-11-7-10-23-9-4-5-13-28(23)25/h4-19,31H,3,20H2,1-2H3/b29-19-/t31-/m1/s1. The number of allylic oxidation sites excluding steroid dienone is 1. The fraction of sp³-hybridized carbons (Fsp3) is 0.147. The molecule has 0 bridgehead atoms. The van der Waals surface area contributed by atoms with Gasteiger partial charge in [-0.25, -0.2) is 14.2 Å². The van der Waals surface area contributed by atoms with Crippen LogP contribution in [-0.4, -0.2) is 17.1 Å². The highest BCUT2D eigenvalue weighted by Crippen LogP contribution is 2.31. The van der Waals surface area contributed by atoms with Crippen LogP contribution in [0, 0.1) is 5.82 Å². The lowest BCUT2D eigenvalue weighted by molar-refractivity contribution is -0.139. The summed E-state index contributed by atoms with van der Waals surface area (Å²) in [5, 5.41) is 2.30. The number of hydrogen-bond acceptors (Lipinski definition) is 6. The summed E-state index contributed by atoms with van der Waals surface area (Å²) in [6.45, 7) is 4.02. The van der Waals surface area contributed by atoms with Gasteiger partial charge in [0, 0.05) is 0 Å². The van der Waals surface area contributed by atoms with Gasteiger partial charge in [-0.15, -0.1) is 0 Å². The van der Waals surface area contributed by atoms with Crippen molar-refractivity contribution in [3.8, 4) is 5.75 Å². The Kier molecular flexibility index (Phi) is 7.54. The molecule has 0 N–H and O–H groups in total. The number of benzene rings is 4. The summed E-state index contributed by atoms with van der Waals surface area (Å²) >= 11 is 1.23. The van der Waals surface area contributed by atoms with Crippen LogP contribution in [0.1, 0.15) is 36.6 Å². The Morgan fingerprint density at radius 2 is 1.79 bits per heavy atom. The molecular formula is C34H27FN2O4S. The highest BCUT2D eigenvalue weighted by atomic mass is 32.1. The molecule has 0 saturated heterocycles. The molecule has 5 aromatic rings. The van der Waals surface area contributed by atoms with Crippen LogP contribution in [0.5, 0.6) is 5.75 Å². The molecule has 0 aliphatic carbocycles. The van der Waals surface area contributed by atoms with Crippen molar-refractivity contribution in [1.29, 1.82) is 0 Å². The molecule has 0 unspecified atom stereocenters. The molecule has 42 heavy (non-hydrogen) atoms. The number of halogens is 1. The Morgan fingerprint density at radius 3 is 2.60 bits per heavy atom. The van der Waals surface area contributed by atoms with Crippen LogP contribution >= 0.6 is 11.3 Å². The highest BCUT2D eigenvalue weighted by Gasteiger charge is 2.33. The average molecular weight is 579 g/mol. The number of fused-ring (bicyclic) bond motifs is 2. The van der Waals surface area contributed by atoms with Crippen molar-refractivity contribution in [2.45, 2.75) is 26.5 Å². The number of rotatable bonds is 7. The summed E-state index contributed by atoms with van der Waals surface area (Å²) in [6, 6.07) is 26.9. The largest absolute Gasteiger partial charge is 0.489 e. The van der Waals surface area contributed by atoms with E-state index in [-0.39, 0.29) is 17.7 Å². The van der Waals surface area contributed by atoms with Crippen molar-refractivity contribution in [2.75, 3.05) is 6.61 Å². The summed E-state index contributed by atoms with van der Waals surface area (Å²) in [6.07, 6.45) is 1.79. The van der Waals surface area contributed by atoms with Gasteiger partial charge in [-0.3, -0.25) is 9.36 Å². The SMILES string of the molecule is CCOC(=O)C1=C(C)N=c2s/c(=C\c3cccc(OCc4cccc5ccccc45)c3)c(=O)n2[C@@H]1c1ccc(F)cc1. The molecule has 6 rings (SSSR count). The second kappa shape index (κ2) is 11.6. The maximum atomic E-state index is 13.8. The predicted octanol–water partition coefficient (Wildman–Crippen LogP) is 5.67. The lowest BCUT2D eigenvalue weighted by atomic mass is 9.96. The van der Waals surface area contributed by atoms with E-state index >= 15 is 0 Å². The van der Waals surface area contributed by atoms with E-state index in [4.69, 9.17) is 9.47 Å². The molecule has 2 heterocycles. The van der Waals surface area contributed by atoms with Crippen molar-refractivity contribution in [3.63, 3.8) is 0 Å². The molecule has 210 valence electrons. The number of carbonyl (C=O) groups is 1. The van der Waals surface area contributed by atoms with Gasteiger partial charge in [0.15, 0.2) is 4.80 Å². The number of ether oxygens (including phenoxy) is 2. The first-order valence-corrected chi connectivity index (χ1v) is 14.4. The molecule has 4 aromatic carbocycles. The molecule has 1 aliphatic heterocycles. The number of nitrogens with zero attached hydrogens (tertiary/aromatic N) is 2. The number of aromatic nitrogens is 1. The van der Waals surface area contributed by atoms with Gasteiger partial charge >= 0.3 is 5.97 Å². The van der Waals surface area contributed by atoms with Gasteiger partial charge < -0.3 is 9.47 Å². The molecular weight excluding hydrogens is 551 g/mol. The second-order valence-electron chi connectivity index (χ2n) is 9.85. The normalized spacial score (nSPS) is 14.9. The lowest BCUT2D eigenvalue weighted by Crippen LogP contribution is -2.39. The van der Waals surface area contributed by atoms with Gasteiger partial charge in [0.05, 0.1) is 28.5 Å². The first-order valence-electron chi connectivity index (χ1n) is 13.6. The fourth-order valence-corrected chi connectivity index (χ4v) is 6.22. The minimum absolute atomic E-state index is 0.176. The van der Waals surface area contributed by atoms with Gasteiger partial charge in [-0.1, -0.05) is 78.1 Å². The fourth-order valence-electron chi connectivity index (χ4n) is 5.18. The minimum Gasteiger partial charge on any atom is -0.489 e. The number of thiazole rings is 1. The Labute approximate surface area is 245 Å². The molecule has 6 nitrogen and oxygen atoms in total. The Balaban J connectivity index is 1.36. The van der Waals surface area contributed by atoms with Crippen molar-refractivity contribution < 1.29 is 18.7 Å². The molecule has 0 spiro atoms. The lowest BCUT2D eigenvalue weighted by Gasteiger charge is -2.24. The van der Waals surface area contributed by atoms with E-state index < -0.39 is 17.8 Å². The quantitative estimate of drug-likeness (QED) is 0.234. The molecule has 0 saturated carbocycles. The third-order valence-corrected chi connectivity index (χ3v) is 8.12. The smallest absolute Gasteiger partial charge is 0.338 e. The molecule has 0 radical (unpaired) electrons. The van der Waals surface area contributed by atoms with E-state index in [1.54, 1.807) is 32.1 Å². The molecule has 0 fully saturated rings. The maximum Gasteiger partial charge on any atom is 0.338 e. The zero-order chi connectivity index (χ0) is 29.2. The van der Waals surface area contributed by atoms with E-state index in [0.29, 0.717) is 33.0 Å². The molecule has 1 atom stereocenters. The Morgan fingerprint density at radius 1 is 1.02 bits per heavy atom. The second-order valence-corrected chi connectivity index (χ2v) is 10.9. The number of hydrogen-bond donors (Lipinski definition) is 0. The third-order valence-electron chi connectivity index (χ3n) is 7.13. The van der Waals surface area contributed by atoms with Gasteiger partial charge in [0.2, 0.25) is 0 Å². The van der Waals surface area contributed by atoms with Gasteiger partial charge in [0.25, 0.3) is 5.56 Å². The van der Waals surface area contributed by atoms with Crippen LogP contribution < -0.4 is 19.6 Å². The summed E-state index contributed by atoms with van der Waals surface area (Å²) < 4.78 is 27.2. The highest BCUT2D eigenvalue weighted by molar-refractivity contribution is 7.07. The van der Waals surface area contributed by atoms with Crippen LogP contribution in [0.4, 0.5) is 4.39 Å². The van der Waals surface area contributed by atoms with Crippen molar-refractivity contribution in [1.82, 2.24) is 4.57 Å². The van der Waals surface area contributed by atoms with Gasteiger partial charge in [-0.2, -0.15) is 0 Å². The topological polar surface area (TPSA) is 69.9 Å². The zero-order valence-corrected chi connectivity index (χ0v) is 23.9. The summed E-state index contributed by atoms with van der Waals surface area (Å²) in [4.78, 5) is 31.9. The van der Waals surface area contributed by atoms with Crippen molar-refractivity contribution in [2.24, 2.45) is 4.99 Å². The third kappa shape index (κ3) is 5.29. The summed E-state index contributed by atoms with van der Waals surface area (Å²) in [7, 11) is 0. The molecule has 8 heteroatoms. The van der Waals surface area contributed by atoms with Crippen LogP contribution in [0.2, 0.25) is 0 Å². The maximum absolute atomic E-state index is 13.8. The summed E-state index contributed by atoms with van der Waals surface area (Å²) in [5.41, 5.74) is 2.87. The minimum atomic E-state index is -0.793. The first-order chi connectivity index (χ1) is 20.4. The van der Waals surface area contributed by atoms with Crippen LogP contribution in [0.15, 0.2) is 112 Å². The van der Waals surface area contributed by atoms with E-state index in [9.17, 15) is 14.0 Å². The molecule has 1 aromatic heterocycles. The monoisotopic (exact) mass is 578 g/mol. The van der Waals surface area contributed by atoms with Crippen LogP contribution in [-0.2, 0) is 16.1 Å². The average Bonchev–Trinajstić information content (AvgIpc) is 3.29. The molecule has 1 aliphatic rings. The Hall–Kier alpha value is -4.82. The zero-order valence-electron chi connectivity index (χ0n) is 23.0. The van der Waals surface area contributed by atoms with E-state index in [1.807, 2.05) is 42.5 Å². The van der Waals surface area contributed by atoms with E-state index in [0.717, 1.165) is 21.9 Å². The van der Waals surface area contributed by atoms with E-state index in [2.05, 4.69) is 29.3 Å². The van der Waals surface area contributed by atoms with Gasteiger partial charge in [0.1, 0.15) is 18.2 Å². The van der Waals surface area contributed by atoms with Crippen molar-refractivity contribution >= 4 is 34.2 Å². The van der Waals surface area contributed by atoms with Crippen LogP contribution in [0.25, 0.3) is 16.8 Å². The number of esters is 1. The van der Waals surface area contributed by atoms with Crippen LogP contribution in [0.3, 0.4) is 0 Å². The number of carbonyl (C=O) groups excluding carboxylic acids is 1. The van der Waals surface area contributed by atoms with E-state index in [1.165, 1.54) is 28.0 Å².